The van der Waals surface area contributed by atoms with Crippen molar-refractivity contribution < 1.29 is 4.39 Å². The van der Waals surface area contributed by atoms with E-state index in [0.717, 1.165) is 11.2 Å². The molecule has 0 saturated carbocycles. The van der Waals surface area contributed by atoms with Crippen LogP contribution in [0.4, 0.5) is 4.39 Å². The molecule has 0 spiro atoms. The van der Waals surface area contributed by atoms with E-state index in [1.54, 1.807) is 19.2 Å². The third-order valence-corrected chi connectivity index (χ3v) is 1.94. The van der Waals surface area contributed by atoms with E-state index in [4.69, 9.17) is 0 Å². The molecule has 1 heterocycles. The minimum absolute atomic E-state index is 0.231. The van der Waals surface area contributed by atoms with Crippen LogP contribution in [0.15, 0.2) is 31.5 Å². The molecule has 0 aliphatic carbocycles. The Hall–Kier alpha value is -1.77. The van der Waals surface area contributed by atoms with Crippen LogP contribution < -0.4 is 0 Å². The summed E-state index contributed by atoms with van der Waals surface area (Å²) in [5.74, 6) is -0.231. The van der Waals surface area contributed by atoms with Crippen LogP contribution in [0.1, 0.15) is 11.3 Å². The molecule has 0 aliphatic rings. The second kappa shape index (κ2) is 4.64. The van der Waals surface area contributed by atoms with Gasteiger partial charge in [-0.1, -0.05) is 0 Å². The van der Waals surface area contributed by atoms with Gasteiger partial charge in [-0.25, -0.2) is 9.37 Å². The molecule has 0 N–H and O–H groups in total. The predicted octanol–water partition coefficient (Wildman–Crippen LogP) is 3.19. The van der Waals surface area contributed by atoms with Crippen molar-refractivity contribution in [3.8, 4) is 0 Å². The van der Waals surface area contributed by atoms with Crippen LogP contribution in [0.2, 0.25) is 0 Å². The Morgan fingerprint density at radius 3 is 2.47 bits per heavy atom. The molecule has 0 bridgehead atoms. The van der Waals surface area contributed by atoms with Gasteiger partial charge in [-0.15, -0.1) is 13.2 Å². The number of rotatable bonds is 0. The molecular weight excluding hydrogens is 191 g/mol. The fourth-order valence-electron chi connectivity index (χ4n) is 1.23. The van der Waals surface area contributed by atoms with E-state index in [0.29, 0.717) is 11.1 Å². The molecule has 3 heteroatoms. The number of hydrogen-bond donors (Lipinski definition) is 0. The fraction of sp³-hybridized carbons (Fsp3) is 0.167. The van der Waals surface area contributed by atoms with Gasteiger partial charge < -0.3 is 0 Å². The van der Waals surface area contributed by atoms with E-state index in [1.807, 2.05) is 6.92 Å². The first-order chi connectivity index (χ1) is 7.16. The van der Waals surface area contributed by atoms with E-state index in [2.05, 4.69) is 23.1 Å². The van der Waals surface area contributed by atoms with Crippen molar-refractivity contribution in [2.24, 2.45) is 0 Å². The normalized spacial score (nSPS) is 9.53. The zero-order valence-corrected chi connectivity index (χ0v) is 8.92. The lowest BCUT2D eigenvalue weighted by Crippen LogP contribution is -1.90. The second-order valence-electron chi connectivity index (χ2n) is 3.10. The molecule has 0 unspecified atom stereocenters. The largest absolute Gasteiger partial charge is 0.253 e. The highest BCUT2D eigenvalue weighted by molar-refractivity contribution is 5.74. The van der Waals surface area contributed by atoms with Crippen molar-refractivity contribution in [2.45, 2.75) is 13.8 Å². The summed E-state index contributed by atoms with van der Waals surface area (Å²) < 4.78 is 13.1. The summed E-state index contributed by atoms with van der Waals surface area (Å²) in [5.41, 5.74) is 2.80. The molecule has 0 atom stereocenters. The average molecular weight is 204 g/mol. The van der Waals surface area contributed by atoms with E-state index in [9.17, 15) is 4.39 Å². The summed E-state index contributed by atoms with van der Waals surface area (Å²) >= 11 is 0. The number of hydrogen-bond acceptors (Lipinski definition) is 2. The van der Waals surface area contributed by atoms with Gasteiger partial charge in [0.05, 0.1) is 16.7 Å². The highest BCUT2D eigenvalue weighted by atomic mass is 19.1. The third kappa shape index (κ3) is 2.37. The summed E-state index contributed by atoms with van der Waals surface area (Å²) in [7, 11) is 0. The Morgan fingerprint density at radius 2 is 1.80 bits per heavy atom. The average Bonchev–Trinajstić information content (AvgIpc) is 2.23. The topological polar surface area (TPSA) is 25.8 Å². The Kier molecular flexibility index (Phi) is 3.50. The van der Waals surface area contributed by atoms with Gasteiger partial charge in [0.1, 0.15) is 5.82 Å². The van der Waals surface area contributed by atoms with Gasteiger partial charge in [0, 0.05) is 12.3 Å². The van der Waals surface area contributed by atoms with Gasteiger partial charge >= 0.3 is 0 Å². The summed E-state index contributed by atoms with van der Waals surface area (Å²) in [4.78, 5) is 8.33. The van der Waals surface area contributed by atoms with E-state index in [1.165, 1.54) is 6.07 Å². The standard InChI is InChI=1S/C10H9FN2.C2H4/c1-6-3-10-9(4-8(6)11)12-5-7(2)13-10;1-2/h3-5H,1-2H3;1-2H2. The summed E-state index contributed by atoms with van der Waals surface area (Å²) in [6.07, 6.45) is 1.64. The van der Waals surface area contributed by atoms with Gasteiger partial charge in [-0.3, -0.25) is 4.98 Å². The minimum Gasteiger partial charge on any atom is -0.253 e. The fourth-order valence-corrected chi connectivity index (χ4v) is 1.23. The van der Waals surface area contributed by atoms with Crippen LogP contribution in [0, 0.1) is 19.7 Å². The summed E-state index contributed by atoms with van der Waals surface area (Å²) in [6.45, 7) is 9.59. The maximum atomic E-state index is 13.1. The van der Waals surface area contributed by atoms with Gasteiger partial charge in [0.25, 0.3) is 0 Å². The first-order valence-electron chi connectivity index (χ1n) is 4.56. The second-order valence-corrected chi connectivity index (χ2v) is 3.10. The highest BCUT2D eigenvalue weighted by Crippen LogP contribution is 2.14. The Bertz CT molecular complexity index is 480. The molecule has 2 nitrogen and oxygen atoms in total. The van der Waals surface area contributed by atoms with E-state index >= 15 is 0 Å². The van der Waals surface area contributed by atoms with E-state index in [-0.39, 0.29) is 5.82 Å². The van der Waals surface area contributed by atoms with Crippen LogP contribution in [-0.4, -0.2) is 9.97 Å². The van der Waals surface area contributed by atoms with E-state index < -0.39 is 0 Å². The lowest BCUT2D eigenvalue weighted by Gasteiger charge is -2.00. The number of fused-ring (bicyclic) bond motifs is 1. The van der Waals surface area contributed by atoms with Crippen LogP contribution >= 0.6 is 0 Å². The maximum absolute atomic E-state index is 13.1. The minimum atomic E-state index is -0.231. The monoisotopic (exact) mass is 204 g/mol. The molecule has 1 aromatic carbocycles. The molecule has 0 radical (unpaired) electrons. The number of benzene rings is 1. The van der Waals surface area contributed by atoms with Crippen LogP contribution in [0.3, 0.4) is 0 Å². The smallest absolute Gasteiger partial charge is 0.128 e. The Labute approximate surface area is 88.5 Å². The number of nitrogens with zero attached hydrogens (tertiary/aromatic N) is 2. The first kappa shape index (κ1) is 11.3. The third-order valence-electron chi connectivity index (χ3n) is 1.94. The van der Waals surface area contributed by atoms with Crippen LogP contribution in [0.5, 0.6) is 0 Å². The quantitative estimate of drug-likeness (QED) is 0.616. The van der Waals surface area contributed by atoms with Crippen molar-refractivity contribution in [2.75, 3.05) is 0 Å². The lowest BCUT2D eigenvalue weighted by atomic mass is 10.2. The molecule has 0 fully saturated rings. The van der Waals surface area contributed by atoms with Crippen molar-refractivity contribution in [1.82, 2.24) is 9.97 Å². The molecule has 0 saturated heterocycles. The maximum Gasteiger partial charge on any atom is 0.128 e. The highest BCUT2D eigenvalue weighted by Gasteiger charge is 2.02. The number of halogens is 1. The van der Waals surface area contributed by atoms with Gasteiger partial charge in [0.2, 0.25) is 0 Å². The molecule has 0 amide bonds. The summed E-state index contributed by atoms with van der Waals surface area (Å²) in [6, 6.07) is 3.13. The predicted molar refractivity (Wildman–Crippen MR) is 60.2 cm³/mol. The Balaban J connectivity index is 0.000000531. The lowest BCUT2D eigenvalue weighted by molar-refractivity contribution is 0.620. The Morgan fingerprint density at radius 1 is 1.13 bits per heavy atom. The van der Waals surface area contributed by atoms with Crippen LogP contribution in [0.25, 0.3) is 11.0 Å². The molecule has 1 aromatic heterocycles. The van der Waals surface area contributed by atoms with Gasteiger partial charge in [0.15, 0.2) is 0 Å². The summed E-state index contributed by atoms with van der Waals surface area (Å²) in [5, 5.41) is 0. The molecule has 2 rings (SSSR count). The number of aryl methyl sites for hydroxylation is 2. The number of aromatic nitrogens is 2. The zero-order chi connectivity index (χ0) is 11.4. The molecule has 15 heavy (non-hydrogen) atoms. The first-order valence-corrected chi connectivity index (χ1v) is 4.56. The van der Waals surface area contributed by atoms with Crippen molar-refractivity contribution >= 4 is 11.0 Å². The van der Waals surface area contributed by atoms with Crippen molar-refractivity contribution in [3.63, 3.8) is 0 Å². The van der Waals surface area contributed by atoms with Crippen molar-refractivity contribution in [3.05, 3.63) is 48.6 Å². The van der Waals surface area contributed by atoms with Gasteiger partial charge in [-0.2, -0.15) is 0 Å². The molecular formula is C12H13FN2. The zero-order valence-electron chi connectivity index (χ0n) is 8.92. The van der Waals surface area contributed by atoms with Crippen LogP contribution in [-0.2, 0) is 0 Å². The molecule has 2 aromatic rings. The SMILES string of the molecule is C=C.Cc1cnc2cc(F)c(C)cc2n1. The molecule has 0 aliphatic heterocycles. The van der Waals surface area contributed by atoms with Gasteiger partial charge in [-0.05, 0) is 25.5 Å². The van der Waals surface area contributed by atoms with Crippen molar-refractivity contribution in [1.29, 1.82) is 0 Å². The molecule has 78 valence electrons.